The summed E-state index contributed by atoms with van der Waals surface area (Å²) in [5.74, 6) is -1.87. The van der Waals surface area contributed by atoms with Gasteiger partial charge in [-0.25, -0.2) is 0 Å². The van der Waals surface area contributed by atoms with E-state index in [2.05, 4.69) is 0 Å². The van der Waals surface area contributed by atoms with E-state index in [0.717, 1.165) is 0 Å². The minimum absolute atomic E-state index is 0.267. The van der Waals surface area contributed by atoms with Gasteiger partial charge in [-0.15, -0.1) is 0 Å². The average Bonchev–Trinajstić information content (AvgIpc) is 2.58. The minimum atomic E-state index is -0.958. The molecule has 0 aliphatic heterocycles. The molecular weight excluding hydrogens is 162 g/mol. The summed E-state index contributed by atoms with van der Waals surface area (Å²) in [6.07, 6.45) is 0. The highest BCUT2D eigenvalue weighted by Gasteiger charge is 2.65. The Morgan fingerprint density at radius 1 is 1.17 bits per heavy atom. The van der Waals surface area contributed by atoms with Crippen molar-refractivity contribution in [1.29, 1.82) is 0 Å². The van der Waals surface area contributed by atoms with Gasteiger partial charge in [0.05, 0.1) is 0 Å². The third-order valence-electron chi connectivity index (χ3n) is 2.16. The molecule has 1 aliphatic carbocycles. The van der Waals surface area contributed by atoms with Crippen LogP contribution in [-0.2, 0) is 9.59 Å². The van der Waals surface area contributed by atoms with Crippen molar-refractivity contribution >= 4 is 11.6 Å². The number of nitrogens with zero attached hydrogens (tertiary/aromatic N) is 1. The summed E-state index contributed by atoms with van der Waals surface area (Å²) < 4.78 is 0. The van der Waals surface area contributed by atoms with Crippen molar-refractivity contribution in [2.75, 3.05) is 0 Å². The molecule has 0 heterocycles. The summed E-state index contributed by atoms with van der Waals surface area (Å²) in [5.41, 5.74) is 0. The van der Waals surface area contributed by atoms with Crippen LogP contribution in [0.2, 0.25) is 0 Å². The lowest BCUT2D eigenvalue weighted by molar-refractivity contribution is -0.499. The standard InChI is InChI=1S/C7H9NO4/c1-3(9)5-6(4(2)10)7(5)8(11)12/h5-7H,1-2H3/t5-,6-/m1/s1. The van der Waals surface area contributed by atoms with E-state index < -0.39 is 22.8 Å². The summed E-state index contributed by atoms with van der Waals surface area (Å²) in [5, 5.41) is 10.3. The van der Waals surface area contributed by atoms with Gasteiger partial charge < -0.3 is 0 Å². The first kappa shape index (κ1) is 8.83. The molecule has 0 N–H and O–H groups in total. The van der Waals surface area contributed by atoms with Crippen LogP contribution in [0.15, 0.2) is 0 Å². The average molecular weight is 171 g/mol. The van der Waals surface area contributed by atoms with E-state index in [9.17, 15) is 19.7 Å². The maximum absolute atomic E-state index is 10.8. The van der Waals surface area contributed by atoms with E-state index in [1.807, 2.05) is 0 Å². The van der Waals surface area contributed by atoms with Gasteiger partial charge in [0.1, 0.15) is 23.4 Å². The Morgan fingerprint density at radius 2 is 1.50 bits per heavy atom. The maximum atomic E-state index is 10.8. The number of hydrogen-bond acceptors (Lipinski definition) is 4. The fourth-order valence-corrected chi connectivity index (χ4v) is 1.54. The molecule has 1 rings (SSSR count). The largest absolute Gasteiger partial charge is 0.299 e. The molecule has 1 fully saturated rings. The Hall–Kier alpha value is -1.26. The highest BCUT2D eigenvalue weighted by molar-refractivity contribution is 5.93. The van der Waals surface area contributed by atoms with Gasteiger partial charge in [0.25, 0.3) is 0 Å². The first-order chi connectivity index (χ1) is 5.46. The number of hydrogen-bond donors (Lipinski definition) is 0. The second kappa shape index (κ2) is 2.66. The minimum Gasteiger partial charge on any atom is -0.299 e. The molecule has 0 amide bonds. The quantitative estimate of drug-likeness (QED) is 0.444. The van der Waals surface area contributed by atoms with Crippen molar-refractivity contribution in [3.63, 3.8) is 0 Å². The Bertz CT molecular complexity index is 211. The van der Waals surface area contributed by atoms with E-state index >= 15 is 0 Å². The van der Waals surface area contributed by atoms with Crippen LogP contribution in [0.5, 0.6) is 0 Å². The van der Waals surface area contributed by atoms with Crippen LogP contribution in [-0.4, -0.2) is 22.5 Å². The first-order valence-electron chi connectivity index (χ1n) is 3.61. The fourth-order valence-electron chi connectivity index (χ4n) is 1.54. The van der Waals surface area contributed by atoms with E-state index in [1.165, 1.54) is 13.8 Å². The molecule has 0 aromatic rings. The third kappa shape index (κ3) is 1.22. The maximum Gasteiger partial charge on any atom is 0.234 e. The molecule has 1 aliphatic rings. The highest BCUT2D eigenvalue weighted by atomic mass is 16.6. The highest BCUT2D eigenvalue weighted by Crippen LogP contribution is 2.42. The summed E-state index contributed by atoms with van der Waals surface area (Å²) in [6, 6.07) is -0.958. The SMILES string of the molecule is CC(=O)[C@H]1C([N+](=O)[O-])[C@@H]1C(C)=O. The molecule has 12 heavy (non-hydrogen) atoms. The van der Waals surface area contributed by atoms with E-state index in [1.54, 1.807) is 0 Å². The van der Waals surface area contributed by atoms with Crippen molar-refractivity contribution in [2.24, 2.45) is 11.8 Å². The monoisotopic (exact) mass is 171 g/mol. The number of carbonyl (C=O) groups is 2. The van der Waals surface area contributed by atoms with Gasteiger partial charge in [0.15, 0.2) is 0 Å². The lowest BCUT2D eigenvalue weighted by atomic mass is 10.2. The Labute approximate surface area is 68.9 Å². The Kier molecular flexibility index (Phi) is 1.95. The molecule has 5 nitrogen and oxygen atoms in total. The van der Waals surface area contributed by atoms with Gasteiger partial charge in [0.2, 0.25) is 6.04 Å². The van der Waals surface area contributed by atoms with Gasteiger partial charge in [-0.3, -0.25) is 19.7 Å². The van der Waals surface area contributed by atoms with Crippen molar-refractivity contribution in [2.45, 2.75) is 19.9 Å². The van der Waals surface area contributed by atoms with E-state index in [4.69, 9.17) is 0 Å². The van der Waals surface area contributed by atoms with Crippen molar-refractivity contribution in [1.82, 2.24) is 0 Å². The van der Waals surface area contributed by atoms with Crippen LogP contribution in [0.1, 0.15) is 13.8 Å². The third-order valence-corrected chi connectivity index (χ3v) is 2.16. The second-order valence-corrected chi connectivity index (χ2v) is 3.05. The van der Waals surface area contributed by atoms with Crippen molar-refractivity contribution < 1.29 is 14.5 Å². The molecule has 1 saturated carbocycles. The summed E-state index contributed by atoms with van der Waals surface area (Å²) >= 11 is 0. The van der Waals surface area contributed by atoms with E-state index in [-0.39, 0.29) is 11.6 Å². The summed E-state index contributed by atoms with van der Waals surface area (Å²) in [7, 11) is 0. The molecule has 0 bridgehead atoms. The molecule has 0 aromatic heterocycles. The molecular formula is C7H9NO4. The number of nitro groups is 1. The van der Waals surface area contributed by atoms with Gasteiger partial charge in [-0.1, -0.05) is 0 Å². The molecule has 0 radical (unpaired) electrons. The summed E-state index contributed by atoms with van der Waals surface area (Å²) in [6.45, 7) is 2.56. The number of ketones is 2. The van der Waals surface area contributed by atoms with Crippen LogP contribution in [0, 0.1) is 22.0 Å². The molecule has 0 saturated heterocycles. The Balaban J connectivity index is 2.74. The van der Waals surface area contributed by atoms with Crippen LogP contribution >= 0.6 is 0 Å². The zero-order chi connectivity index (χ0) is 9.46. The normalized spacial score (nSPS) is 32.7. The number of Topliss-reactive ketones (excluding diaryl/α,β-unsaturated/α-hetero) is 2. The fraction of sp³-hybridized carbons (Fsp3) is 0.714. The predicted octanol–water partition coefficient (Wildman–Crippen LogP) is 0.0557. The molecule has 66 valence electrons. The van der Waals surface area contributed by atoms with Crippen molar-refractivity contribution in [3.05, 3.63) is 10.1 Å². The molecule has 0 aromatic carbocycles. The van der Waals surface area contributed by atoms with E-state index in [0.29, 0.717) is 0 Å². The van der Waals surface area contributed by atoms with Gasteiger partial charge in [-0.2, -0.15) is 0 Å². The second-order valence-electron chi connectivity index (χ2n) is 3.05. The summed E-state index contributed by atoms with van der Waals surface area (Å²) in [4.78, 5) is 31.3. The molecule has 5 heteroatoms. The topological polar surface area (TPSA) is 77.3 Å². The van der Waals surface area contributed by atoms with Crippen LogP contribution < -0.4 is 0 Å². The predicted molar refractivity (Wildman–Crippen MR) is 39.1 cm³/mol. The molecule has 0 spiro atoms. The first-order valence-corrected chi connectivity index (χ1v) is 3.61. The van der Waals surface area contributed by atoms with Crippen molar-refractivity contribution in [3.8, 4) is 0 Å². The Morgan fingerprint density at radius 3 is 1.58 bits per heavy atom. The lowest BCUT2D eigenvalue weighted by Crippen LogP contribution is -2.09. The van der Waals surface area contributed by atoms with Gasteiger partial charge in [-0.05, 0) is 13.8 Å². The lowest BCUT2D eigenvalue weighted by Gasteiger charge is -1.84. The number of rotatable bonds is 3. The van der Waals surface area contributed by atoms with Crippen LogP contribution in [0.4, 0.5) is 0 Å². The number of carbonyl (C=O) groups excluding carboxylic acids is 2. The molecule has 2 atom stereocenters. The van der Waals surface area contributed by atoms with Gasteiger partial charge in [0, 0.05) is 4.92 Å². The smallest absolute Gasteiger partial charge is 0.234 e. The van der Waals surface area contributed by atoms with Gasteiger partial charge >= 0.3 is 0 Å². The zero-order valence-corrected chi connectivity index (χ0v) is 6.81. The van der Waals surface area contributed by atoms with Crippen LogP contribution in [0.25, 0.3) is 0 Å². The molecule has 0 unspecified atom stereocenters. The van der Waals surface area contributed by atoms with Crippen LogP contribution in [0.3, 0.4) is 0 Å². The zero-order valence-electron chi connectivity index (χ0n) is 6.81.